The van der Waals surface area contributed by atoms with Crippen LogP contribution in [0.3, 0.4) is 0 Å². The zero-order valence-corrected chi connectivity index (χ0v) is 26.2. The van der Waals surface area contributed by atoms with E-state index in [1.165, 1.54) is 13.2 Å². The number of sulfone groups is 1. The highest BCUT2D eigenvalue weighted by molar-refractivity contribution is 7.91. The van der Waals surface area contributed by atoms with E-state index in [1.807, 2.05) is 42.2 Å². The van der Waals surface area contributed by atoms with Gasteiger partial charge in [0.2, 0.25) is 9.84 Å². The van der Waals surface area contributed by atoms with Crippen LogP contribution in [0.15, 0.2) is 76.5 Å². The molecule has 0 radical (unpaired) electrons. The van der Waals surface area contributed by atoms with Crippen molar-refractivity contribution in [2.45, 2.75) is 54.2 Å². The van der Waals surface area contributed by atoms with E-state index >= 15 is 0 Å². The highest BCUT2D eigenvalue weighted by atomic mass is 32.2. The second kappa shape index (κ2) is 12.5. The molecule has 0 spiro atoms. The summed E-state index contributed by atoms with van der Waals surface area (Å²) in [5.74, 6) is -0.225. The average molecular weight is 620 g/mol. The normalized spacial score (nSPS) is 20.1. The summed E-state index contributed by atoms with van der Waals surface area (Å²) in [5, 5.41) is 0. The second-order valence-corrected chi connectivity index (χ2v) is 13.9. The van der Waals surface area contributed by atoms with Crippen molar-refractivity contribution in [2.75, 3.05) is 52.2 Å². The molecule has 6 rings (SSSR count). The molecule has 44 heavy (non-hydrogen) atoms. The third-order valence-electron chi connectivity index (χ3n) is 9.52. The summed E-state index contributed by atoms with van der Waals surface area (Å²) >= 11 is 0. The highest BCUT2D eigenvalue weighted by Crippen LogP contribution is 2.44. The van der Waals surface area contributed by atoms with Gasteiger partial charge >= 0.3 is 0 Å². The number of likely N-dealkylation sites (tertiary alicyclic amines) is 2. The molecule has 10 heteroatoms. The molecule has 3 aromatic carbocycles. The van der Waals surface area contributed by atoms with Crippen LogP contribution in [0.2, 0.25) is 0 Å². The Morgan fingerprint density at radius 3 is 2.20 bits per heavy atom. The third kappa shape index (κ3) is 5.72. The molecule has 0 unspecified atom stereocenters. The first kappa shape index (κ1) is 30.6. The molecule has 3 saturated heterocycles. The lowest BCUT2D eigenvalue weighted by atomic mass is 9.83. The molecule has 234 valence electrons. The predicted molar refractivity (Wildman–Crippen MR) is 167 cm³/mol. The molecule has 3 aliphatic heterocycles. The number of aryl methyl sites for hydroxylation is 1. The number of nitrogen functional groups attached to an aromatic ring is 1. The Kier molecular flexibility index (Phi) is 8.70. The predicted octanol–water partition coefficient (Wildman–Crippen LogP) is 4.64. The Balaban J connectivity index is 1.09. The molecule has 0 aliphatic carbocycles. The van der Waals surface area contributed by atoms with Crippen molar-refractivity contribution < 1.29 is 27.4 Å². The number of hydrogen-bond acceptors (Lipinski definition) is 8. The fourth-order valence-electron chi connectivity index (χ4n) is 6.95. The molecule has 9 nitrogen and oxygen atoms in total. The number of piperidine rings is 2. The maximum Gasteiger partial charge on any atom is 0.255 e. The van der Waals surface area contributed by atoms with E-state index in [2.05, 4.69) is 4.90 Å². The fourth-order valence-corrected chi connectivity index (χ4v) is 8.25. The first-order valence-corrected chi connectivity index (χ1v) is 16.9. The van der Waals surface area contributed by atoms with Crippen LogP contribution < -0.4 is 10.5 Å². The average Bonchev–Trinajstić information content (AvgIpc) is 3.57. The van der Waals surface area contributed by atoms with Gasteiger partial charge in [0.15, 0.2) is 5.79 Å². The molecule has 0 aromatic heterocycles. The molecule has 3 fully saturated rings. The lowest BCUT2D eigenvalue weighted by molar-refractivity contribution is -0.215. The van der Waals surface area contributed by atoms with Crippen LogP contribution in [0.1, 0.15) is 47.2 Å². The van der Waals surface area contributed by atoms with E-state index in [1.54, 1.807) is 30.3 Å². The van der Waals surface area contributed by atoms with Crippen LogP contribution >= 0.6 is 0 Å². The van der Waals surface area contributed by atoms with Gasteiger partial charge in [0.05, 0.1) is 35.7 Å². The van der Waals surface area contributed by atoms with E-state index in [9.17, 15) is 13.2 Å². The summed E-state index contributed by atoms with van der Waals surface area (Å²) < 4.78 is 44.5. The molecular weight excluding hydrogens is 578 g/mol. The zero-order chi connectivity index (χ0) is 30.9. The number of nitrogens with two attached hydrogens (primary N) is 1. The molecule has 0 saturated carbocycles. The minimum absolute atomic E-state index is 0.0168. The number of rotatable bonds is 7. The van der Waals surface area contributed by atoms with E-state index in [0.29, 0.717) is 36.3 Å². The number of ether oxygens (including phenoxy) is 3. The first-order valence-electron chi connectivity index (χ1n) is 15.4. The van der Waals surface area contributed by atoms with Crippen molar-refractivity contribution >= 4 is 21.4 Å². The summed E-state index contributed by atoms with van der Waals surface area (Å²) in [6, 6.07) is 19.5. The monoisotopic (exact) mass is 619 g/mol. The Morgan fingerprint density at radius 2 is 1.55 bits per heavy atom. The number of hydrogen-bond donors (Lipinski definition) is 1. The van der Waals surface area contributed by atoms with Crippen LogP contribution in [0.5, 0.6) is 5.75 Å². The largest absolute Gasteiger partial charge is 0.497 e. The van der Waals surface area contributed by atoms with Gasteiger partial charge in [0.25, 0.3) is 5.91 Å². The van der Waals surface area contributed by atoms with Gasteiger partial charge in [-0.05, 0) is 87.7 Å². The minimum atomic E-state index is -3.70. The standard InChI is InChI=1S/C34H41N3O6S/c1-24-5-3-8-31(32(24)35)33(38)37-19-15-27(16-20-37)36-17-13-26(14-18-36)34(42-21-22-43-34)25-9-11-29(12-10-25)44(39,40)30-7-4-6-28(23-30)41-2/h3-12,23,26-27H,13-22,35H2,1-2H3. The van der Waals surface area contributed by atoms with E-state index in [0.717, 1.165) is 63.0 Å². The van der Waals surface area contributed by atoms with Gasteiger partial charge in [0, 0.05) is 36.3 Å². The van der Waals surface area contributed by atoms with Gasteiger partial charge in [-0.1, -0.05) is 30.3 Å². The van der Waals surface area contributed by atoms with Crippen molar-refractivity contribution in [3.63, 3.8) is 0 Å². The van der Waals surface area contributed by atoms with Crippen molar-refractivity contribution in [1.29, 1.82) is 0 Å². The molecule has 0 atom stereocenters. The van der Waals surface area contributed by atoms with Gasteiger partial charge in [-0.3, -0.25) is 4.79 Å². The molecule has 1 amide bonds. The molecule has 3 aromatic rings. The Hall–Kier alpha value is -3.44. The number of anilines is 1. The fraction of sp³-hybridized carbons (Fsp3) is 0.441. The summed E-state index contributed by atoms with van der Waals surface area (Å²) in [6.07, 6.45) is 3.68. The summed E-state index contributed by atoms with van der Waals surface area (Å²) in [6.45, 7) is 6.22. The van der Waals surface area contributed by atoms with Gasteiger partial charge in [-0.2, -0.15) is 0 Å². The molecule has 3 aliphatic rings. The Labute approximate surface area is 259 Å². The van der Waals surface area contributed by atoms with Gasteiger partial charge < -0.3 is 29.7 Å². The Bertz CT molecular complexity index is 1590. The van der Waals surface area contributed by atoms with Crippen LogP contribution in [0.25, 0.3) is 0 Å². The van der Waals surface area contributed by atoms with Gasteiger partial charge in [-0.25, -0.2) is 8.42 Å². The zero-order valence-electron chi connectivity index (χ0n) is 25.4. The minimum Gasteiger partial charge on any atom is -0.497 e. The third-order valence-corrected chi connectivity index (χ3v) is 11.3. The quantitative estimate of drug-likeness (QED) is 0.381. The summed E-state index contributed by atoms with van der Waals surface area (Å²) in [7, 11) is -2.19. The SMILES string of the molecule is COc1cccc(S(=O)(=O)c2ccc(C3(C4CCN(C5CCN(C(=O)c6cccc(C)c6N)CC5)CC4)OCCO3)cc2)c1. The maximum atomic E-state index is 13.3. The summed E-state index contributed by atoms with van der Waals surface area (Å²) in [4.78, 5) is 18.0. The lowest BCUT2D eigenvalue weighted by Gasteiger charge is -2.45. The van der Waals surface area contributed by atoms with Crippen LogP contribution in [-0.2, 0) is 25.1 Å². The number of para-hydroxylation sites is 1. The van der Waals surface area contributed by atoms with Crippen LogP contribution in [0, 0.1) is 12.8 Å². The van der Waals surface area contributed by atoms with Crippen LogP contribution in [0.4, 0.5) is 5.69 Å². The number of benzene rings is 3. The molecule has 0 bridgehead atoms. The maximum absolute atomic E-state index is 13.3. The lowest BCUT2D eigenvalue weighted by Crippen LogP contribution is -2.51. The molecular formula is C34H41N3O6S. The smallest absolute Gasteiger partial charge is 0.255 e. The summed E-state index contributed by atoms with van der Waals surface area (Å²) in [5.41, 5.74) is 9.14. The van der Waals surface area contributed by atoms with Gasteiger partial charge in [-0.15, -0.1) is 0 Å². The number of methoxy groups -OCH3 is 1. The van der Waals surface area contributed by atoms with Crippen molar-refractivity contribution in [3.8, 4) is 5.75 Å². The molecule has 2 N–H and O–H groups in total. The second-order valence-electron chi connectivity index (χ2n) is 11.9. The van der Waals surface area contributed by atoms with E-state index in [-0.39, 0.29) is 21.6 Å². The number of carbonyl (C=O) groups is 1. The van der Waals surface area contributed by atoms with Gasteiger partial charge in [0.1, 0.15) is 5.75 Å². The van der Waals surface area contributed by atoms with Crippen molar-refractivity contribution in [2.24, 2.45) is 5.92 Å². The molecule has 3 heterocycles. The number of nitrogens with zero attached hydrogens (tertiary/aromatic N) is 2. The van der Waals surface area contributed by atoms with Crippen molar-refractivity contribution in [1.82, 2.24) is 9.80 Å². The highest BCUT2D eigenvalue weighted by Gasteiger charge is 2.47. The number of amides is 1. The van der Waals surface area contributed by atoms with Crippen LogP contribution in [-0.4, -0.2) is 76.7 Å². The first-order chi connectivity index (χ1) is 21.2. The van der Waals surface area contributed by atoms with Crippen molar-refractivity contribution in [3.05, 3.63) is 83.4 Å². The Morgan fingerprint density at radius 1 is 0.886 bits per heavy atom. The van der Waals surface area contributed by atoms with E-state index < -0.39 is 15.6 Å². The van der Waals surface area contributed by atoms with E-state index in [4.69, 9.17) is 19.9 Å². The topological polar surface area (TPSA) is 111 Å². The number of carbonyl (C=O) groups excluding carboxylic acids is 1.